The lowest BCUT2D eigenvalue weighted by Crippen LogP contribution is -2.18. The van der Waals surface area contributed by atoms with Crippen LogP contribution in [0.4, 0.5) is 0 Å². The second kappa shape index (κ2) is 8.02. The van der Waals surface area contributed by atoms with Gasteiger partial charge in [-0.25, -0.2) is 0 Å². The van der Waals surface area contributed by atoms with Crippen molar-refractivity contribution in [3.8, 4) is 11.5 Å². The Kier molecular flexibility index (Phi) is 6.04. The van der Waals surface area contributed by atoms with E-state index in [4.69, 9.17) is 9.47 Å². The number of hydrogen-bond acceptors (Lipinski definition) is 4. The van der Waals surface area contributed by atoms with Gasteiger partial charge in [-0.05, 0) is 37.5 Å². The molecule has 126 valence electrons. The van der Waals surface area contributed by atoms with Gasteiger partial charge in [0, 0.05) is 23.8 Å². The quantitative estimate of drug-likeness (QED) is 0.781. The minimum absolute atomic E-state index is 0.206. The van der Waals surface area contributed by atoms with Crippen molar-refractivity contribution in [3.63, 3.8) is 0 Å². The lowest BCUT2D eigenvalue weighted by Gasteiger charge is -2.17. The summed E-state index contributed by atoms with van der Waals surface area (Å²) in [4.78, 5) is 0. The number of methoxy groups -OCH3 is 1. The summed E-state index contributed by atoms with van der Waals surface area (Å²) in [6, 6.07) is 6.31. The van der Waals surface area contributed by atoms with Crippen LogP contribution in [0.5, 0.6) is 11.5 Å². The van der Waals surface area contributed by atoms with Crippen LogP contribution in [0, 0.1) is 12.8 Å². The van der Waals surface area contributed by atoms with Gasteiger partial charge in [0.15, 0.2) is 11.5 Å². The number of nitrogens with one attached hydrogen (secondary N) is 2. The average molecular weight is 317 g/mol. The highest BCUT2D eigenvalue weighted by atomic mass is 16.5. The zero-order valence-electron chi connectivity index (χ0n) is 14.6. The van der Waals surface area contributed by atoms with E-state index in [1.807, 2.05) is 25.3 Å². The molecule has 0 radical (unpaired) electrons. The van der Waals surface area contributed by atoms with Gasteiger partial charge in [-0.15, -0.1) is 0 Å². The number of nitrogens with zero attached hydrogens (tertiary/aromatic N) is 1. The summed E-state index contributed by atoms with van der Waals surface area (Å²) in [7, 11) is 1.67. The molecule has 0 spiro atoms. The van der Waals surface area contributed by atoms with Crippen LogP contribution in [-0.4, -0.2) is 23.9 Å². The molecule has 2 N–H and O–H groups in total. The Morgan fingerprint density at radius 3 is 2.61 bits per heavy atom. The van der Waals surface area contributed by atoms with Crippen molar-refractivity contribution in [1.82, 2.24) is 15.5 Å². The highest BCUT2D eigenvalue weighted by molar-refractivity contribution is 5.43. The largest absolute Gasteiger partial charge is 0.493 e. The third-order valence-electron chi connectivity index (χ3n) is 3.79. The highest BCUT2D eigenvalue weighted by Crippen LogP contribution is 2.30. The fourth-order valence-electron chi connectivity index (χ4n) is 2.26. The van der Waals surface area contributed by atoms with Crippen LogP contribution in [-0.2, 0) is 6.54 Å². The number of aromatic amines is 1. The molecule has 1 atom stereocenters. The van der Waals surface area contributed by atoms with Gasteiger partial charge >= 0.3 is 0 Å². The van der Waals surface area contributed by atoms with E-state index in [0.29, 0.717) is 12.5 Å². The number of rotatable bonds is 8. The fraction of sp³-hybridized carbons (Fsp3) is 0.500. The molecule has 1 aromatic heterocycles. The maximum atomic E-state index is 5.80. The summed E-state index contributed by atoms with van der Waals surface area (Å²) in [5.41, 5.74) is 3.44. The van der Waals surface area contributed by atoms with Gasteiger partial charge in [-0.2, -0.15) is 5.10 Å². The van der Waals surface area contributed by atoms with Gasteiger partial charge in [0.25, 0.3) is 0 Å². The van der Waals surface area contributed by atoms with Crippen LogP contribution in [0.1, 0.15) is 43.6 Å². The molecule has 0 aliphatic rings. The molecule has 0 bridgehead atoms. The molecule has 23 heavy (non-hydrogen) atoms. The zero-order chi connectivity index (χ0) is 16.8. The van der Waals surface area contributed by atoms with Gasteiger partial charge in [0.05, 0.1) is 19.9 Å². The van der Waals surface area contributed by atoms with Crippen molar-refractivity contribution in [2.24, 2.45) is 5.92 Å². The van der Waals surface area contributed by atoms with Crippen molar-refractivity contribution in [2.75, 3.05) is 13.7 Å². The molecule has 1 unspecified atom stereocenters. The molecule has 0 fully saturated rings. The normalized spacial score (nSPS) is 12.4. The van der Waals surface area contributed by atoms with Gasteiger partial charge in [0.1, 0.15) is 0 Å². The molecule has 1 heterocycles. The minimum atomic E-state index is 0.206. The summed E-state index contributed by atoms with van der Waals surface area (Å²) < 4.78 is 11.3. The number of hydrogen-bond donors (Lipinski definition) is 2. The first-order valence-corrected chi connectivity index (χ1v) is 8.04. The van der Waals surface area contributed by atoms with Crippen molar-refractivity contribution in [1.29, 1.82) is 0 Å². The maximum absolute atomic E-state index is 5.80. The van der Waals surface area contributed by atoms with Crippen LogP contribution in [0.15, 0.2) is 24.4 Å². The second-order valence-electron chi connectivity index (χ2n) is 6.24. The number of aryl methyl sites for hydroxylation is 1. The molecular formula is C18H27N3O2. The SMILES string of the molecule is COc1cc(C(C)NCc2cn[nH]c2C)ccc1OCC(C)C. The molecule has 0 aliphatic carbocycles. The minimum Gasteiger partial charge on any atom is -0.493 e. The summed E-state index contributed by atoms with van der Waals surface area (Å²) >= 11 is 0. The Labute approximate surface area is 138 Å². The molecule has 1 aromatic carbocycles. The Morgan fingerprint density at radius 1 is 1.22 bits per heavy atom. The van der Waals surface area contributed by atoms with E-state index >= 15 is 0 Å². The summed E-state index contributed by atoms with van der Waals surface area (Å²) in [5, 5.41) is 10.5. The molecule has 0 saturated heterocycles. The Bertz CT molecular complexity index is 622. The molecule has 0 saturated carbocycles. The Morgan fingerprint density at radius 2 is 2.00 bits per heavy atom. The van der Waals surface area contributed by atoms with Crippen molar-refractivity contribution in [2.45, 2.75) is 40.3 Å². The van der Waals surface area contributed by atoms with Gasteiger partial charge in [0.2, 0.25) is 0 Å². The third-order valence-corrected chi connectivity index (χ3v) is 3.79. The van der Waals surface area contributed by atoms with Gasteiger partial charge in [-0.1, -0.05) is 19.9 Å². The van der Waals surface area contributed by atoms with Crippen molar-refractivity contribution >= 4 is 0 Å². The molecule has 0 amide bonds. The Hall–Kier alpha value is -2.01. The summed E-state index contributed by atoms with van der Waals surface area (Å²) in [6.45, 7) is 9.88. The fourth-order valence-corrected chi connectivity index (χ4v) is 2.26. The van der Waals surface area contributed by atoms with Crippen LogP contribution in [0.3, 0.4) is 0 Å². The van der Waals surface area contributed by atoms with Gasteiger partial charge in [-0.3, -0.25) is 5.10 Å². The first-order valence-electron chi connectivity index (χ1n) is 8.04. The topological polar surface area (TPSA) is 59.2 Å². The maximum Gasteiger partial charge on any atom is 0.161 e. The zero-order valence-corrected chi connectivity index (χ0v) is 14.6. The molecule has 2 aromatic rings. The summed E-state index contributed by atoms with van der Waals surface area (Å²) in [6.07, 6.45) is 1.86. The van der Waals surface area contributed by atoms with E-state index in [1.54, 1.807) is 7.11 Å². The first kappa shape index (κ1) is 17.3. The molecular weight excluding hydrogens is 290 g/mol. The lowest BCUT2D eigenvalue weighted by atomic mass is 10.1. The van der Waals surface area contributed by atoms with Crippen molar-refractivity contribution < 1.29 is 9.47 Å². The predicted molar refractivity (Wildman–Crippen MR) is 91.9 cm³/mol. The highest BCUT2D eigenvalue weighted by Gasteiger charge is 2.11. The summed E-state index contributed by atoms with van der Waals surface area (Å²) in [5.74, 6) is 2.05. The van der Waals surface area contributed by atoms with Crippen LogP contribution >= 0.6 is 0 Å². The van der Waals surface area contributed by atoms with E-state index in [0.717, 1.165) is 23.7 Å². The molecule has 0 aliphatic heterocycles. The van der Waals surface area contributed by atoms with E-state index in [9.17, 15) is 0 Å². The standard InChI is InChI=1S/C18H27N3O2/c1-12(2)11-23-17-7-6-15(8-18(17)22-5)13(3)19-9-16-10-20-21-14(16)4/h6-8,10,12-13,19H,9,11H2,1-5H3,(H,20,21). The molecule has 5 nitrogen and oxygen atoms in total. The van der Waals surface area contributed by atoms with Crippen LogP contribution in [0.25, 0.3) is 0 Å². The van der Waals surface area contributed by atoms with E-state index < -0.39 is 0 Å². The first-order chi connectivity index (χ1) is 11.0. The average Bonchev–Trinajstić information content (AvgIpc) is 2.95. The number of benzene rings is 1. The van der Waals surface area contributed by atoms with Crippen molar-refractivity contribution in [3.05, 3.63) is 41.2 Å². The van der Waals surface area contributed by atoms with Crippen LogP contribution < -0.4 is 14.8 Å². The number of aromatic nitrogens is 2. The number of H-pyrrole nitrogens is 1. The van der Waals surface area contributed by atoms with E-state index in [1.165, 1.54) is 11.1 Å². The van der Waals surface area contributed by atoms with Gasteiger partial charge < -0.3 is 14.8 Å². The van der Waals surface area contributed by atoms with E-state index in [2.05, 4.69) is 42.4 Å². The van der Waals surface area contributed by atoms with Crippen LogP contribution in [0.2, 0.25) is 0 Å². The number of ether oxygens (including phenoxy) is 2. The smallest absolute Gasteiger partial charge is 0.161 e. The molecule has 2 rings (SSSR count). The molecule has 5 heteroatoms. The second-order valence-corrected chi connectivity index (χ2v) is 6.24. The van der Waals surface area contributed by atoms with E-state index in [-0.39, 0.29) is 6.04 Å². The monoisotopic (exact) mass is 317 g/mol. The third kappa shape index (κ3) is 4.73. The lowest BCUT2D eigenvalue weighted by molar-refractivity contribution is 0.256. The Balaban J connectivity index is 2.02. The predicted octanol–water partition coefficient (Wildman–Crippen LogP) is 3.61.